The highest BCUT2D eigenvalue weighted by Crippen LogP contribution is 2.37. The number of ether oxygens (including phenoxy) is 1. The molecule has 0 saturated heterocycles. The number of benzene rings is 2. The molecular weight excluding hydrogens is 369 g/mol. The van der Waals surface area contributed by atoms with E-state index in [0.29, 0.717) is 5.69 Å². The van der Waals surface area contributed by atoms with Gasteiger partial charge in [0.1, 0.15) is 5.75 Å². The number of fused-ring (bicyclic) bond motifs is 1. The highest BCUT2D eigenvalue weighted by molar-refractivity contribution is 6.04. The van der Waals surface area contributed by atoms with Gasteiger partial charge in [0.25, 0.3) is 5.91 Å². The van der Waals surface area contributed by atoms with Crippen molar-refractivity contribution in [1.82, 2.24) is 4.90 Å². The van der Waals surface area contributed by atoms with Crippen LogP contribution in [0, 0.1) is 0 Å². The van der Waals surface area contributed by atoms with Gasteiger partial charge in [-0.1, -0.05) is 6.07 Å². The standard InChI is InChI=1S/C21H23F3N2O2/c1-20(2)11-14-5-7-16(9-15(14)12-26(20)3)25-19(27)13-6-8-18(28-4)17(10-13)21(22,23)24/h5-10H,11-12H2,1-4H3,(H,25,27). The van der Waals surface area contributed by atoms with Crippen LogP contribution in [0.3, 0.4) is 0 Å². The van der Waals surface area contributed by atoms with Crippen molar-refractivity contribution in [3.8, 4) is 5.75 Å². The van der Waals surface area contributed by atoms with Crippen LogP contribution in [-0.4, -0.2) is 30.5 Å². The summed E-state index contributed by atoms with van der Waals surface area (Å²) in [5, 5.41) is 2.69. The Bertz CT molecular complexity index is 907. The van der Waals surface area contributed by atoms with Crippen molar-refractivity contribution < 1.29 is 22.7 Å². The van der Waals surface area contributed by atoms with Gasteiger partial charge in [0.05, 0.1) is 12.7 Å². The molecule has 0 fully saturated rings. The van der Waals surface area contributed by atoms with Gasteiger partial charge < -0.3 is 10.1 Å². The van der Waals surface area contributed by atoms with E-state index in [2.05, 4.69) is 24.1 Å². The minimum Gasteiger partial charge on any atom is -0.496 e. The maximum absolute atomic E-state index is 13.2. The molecule has 7 heteroatoms. The van der Waals surface area contributed by atoms with Gasteiger partial charge in [0.2, 0.25) is 0 Å². The molecule has 0 spiro atoms. The van der Waals surface area contributed by atoms with E-state index in [1.54, 1.807) is 6.07 Å². The zero-order chi connectivity index (χ0) is 20.7. The number of amides is 1. The summed E-state index contributed by atoms with van der Waals surface area (Å²) in [5.41, 5.74) is 1.87. The Hall–Kier alpha value is -2.54. The Morgan fingerprint density at radius 2 is 1.86 bits per heavy atom. The van der Waals surface area contributed by atoms with Crippen LogP contribution in [0.4, 0.5) is 18.9 Å². The Morgan fingerprint density at radius 1 is 1.14 bits per heavy atom. The third kappa shape index (κ3) is 3.99. The largest absolute Gasteiger partial charge is 0.496 e. The molecule has 0 saturated carbocycles. The van der Waals surface area contributed by atoms with E-state index in [-0.39, 0.29) is 16.9 Å². The predicted octanol–water partition coefficient (Wildman–Crippen LogP) is 4.73. The summed E-state index contributed by atoms with van der Waals surface area (Å²) in [5.74, 6) is -0.916. The maximum atomic E-state index is 13.2. The van der Waals surface area contributed by atoms with E-state index in [9.17, 15) is 18.0 Å². The van der Waals surface area contributed by atoms with Crippen LogP contribution in [0.1, 0.15) is 40.9 Å². The Morgan fingerprint density at radius 3 is 2.50 bits per heavy atom. The zero-order valence-electron chi connectivity index (χ0n) is 16.3. The molecule has 0 radical (unpaired) electrons. The van der Waals surface area contributed by atoms with Crippen LogP contribution in [0.25, 0.3) is 0 Å². The van der Waals surface area contributed by atoms with Crippen molar-refractivity contribution in [2.24, 2.45) is 0 Å². The van der Waals surface area contributed by atoms with Crippen molar-refractivity contribution >= 4 is 11.6 Å². The molecule has 28 heavy (non-hydrogen) atoms. The monoisotopic (exact) mass is 392 g/mol. The highest BCUT2D eigenvalue weighted by Gasteiger charge is 2.35. The van der Waals surface area contributed by atoms with E-state index in [0.717, 1.165) is 37.8 Å². The first-order valence-electron chi connectivity index (χ1n) is 8.91. The maximum Gasteiger partial charge on any atom is 0.419 e. The van der Waals surface area contributed by atoms with Gasteiger partial charge in [0.15, 0.2) is 0 Å². The number of carbonyl (C=O) groups excluding carboxylic acids is 1. The summed E-state index contributed by atoms with van der Waals surface area (Å²) < 4.78 is 44.3. The van der Waals surface area contributed by atoms with E-state index >= 15 is 0 Å². The zero-order valence-corrected chi connectivity index (χ0v) is 16.3. The van der Waals surface area contributed by atoms with Crippen LogP contribution >= 0.6 is 0 Å². The van der Waals surface area contributed by atoms with Crippen molar-refractivity contribution in [3.05, 3.63) is 58.7 Å². The molecule has 0 atom stereocenters. The second-order valence-corrected chi connectivity index (χ2v) is 7.70. The van der Waals surface area contributed by atoms with Gasteiger partial charge in [-0.2, -0.15) is 13.2 Å². The minimum absolute atomic E-state index is 0.0505. The fourth-order valence-corrected chi connectivity index (χ4v) is 3.37. The molecule has 150 valence electrons. The first-order valence-corrected chi connectivity index (χ1v) is 8.91. The average molecular weight is 392 g/mol. The van der Waals surface area contributed by atoms with Crippen molar-refractivity contribution in [2.45, 2.75) is 38.5 Å². The van der Waals surface area contributed by atoms with E-state index < -0.39 is 17.6 Å². The molecule has 1 amide bonds. The molecule has 3 rings (SSSR count). The van der Waals surface area contributed by atoms with Crippen molar-refractivity contribution in [2.75, 3.05) is 19.5 Å². The Labute approximate surface area is 162 Å². The minimum atomic E-state index is -4.61. The summed E-state index contributed by atoms with van der Waals surface area (Å²) in [6.07, 6.45) is -3.72. The number of rotatable bonds is 3. The summed E-state index contributed by atoms with van der Waals surface area (Å²) in [7, 11) is 3.21. The first-order chi connectivity index (χ1) is 13.0. The van der Waals surface area contributed by atoms with E-state index in [1.165, 1.54) is 11.6 Å². The van der Waals surface area contributed by atoms with Gasteiger partial charge >= 0.3 is 6.18 Å². The van der Waals surface area contributed by atoms with Crippen LogP contribution in [0.15, 0.2) is 36.4 Å². The lowest BCUT2D eigenvalue weighted by molar-refractivity contribution is -0.138. The number of nitrogens with one attached hydrogen (secondary N) is 1. The smallest absolute Gasteiger partial charge is 0.419 e. The molecule has 0 aromatic heterocycles. The average Bonchev–Trinajstić information content (AvgIpc) is 2.61. The van der Waals surface area contributed by atoms with Gasteiger partial charge in [-0.25, -0.2) is 0 Å². The molecule has 1 N–H and O–H groups in total. The SMILES string of the molecule is COc1ccc(C(=O)Nc2ccc3c(c2)CN(C)C(C)(C)C3)cc1C(F)(F)F. The van der Waals surface area contributed by atoms with Gasteiger partial charge in [-0.05, 0) is 68.8 Å². The molecule has 0 bridgehead atoms. The molecule has 0 aliphatic carbocycles. The van der Waals surface area contributed by atoms with Crippen LogP contribution in [0.2, 0.25) is 0 Å². The lowest BCUT2D eigenvalue weighted by Gasteiger charge is -2.41. The van der Waals surface area contributed by atoms with Crippen LogP contribution in [-0.2, 0) is 19.1 Å². The summed E-state index contributed by atoms with van der Waals surface area (Å²) in [4.78, 5) is 14.7. The number of hydrogen-bond donors (Lipinski definition) is 1. The number of nitrogens with zero attached hydrogens (tertiary/aromatic N) is 1. The molecule has 0 unspecified atom stereocenters. The lowest BCUT2D eigenvalue weighted by atomic mass is 9.86. The van der Waals surface area contributed by atoms with Crippen molar-refractivity contribution in [3.63, 3.8) is 0 Å². The number of alkyl halides is 3. The lowest BCUT2D eigenvalue weighted by Crippen LogP contribution is -2.45. The molecule has 1 aliphatic heterocycles. The molecule has 4 nitrogen and oxygen atoms in total. The second kappa shape index (κ2) is 7.13. The van der Waals surface area contributed by atoms with Crippen LogP contribution in [0.5, 0.6) is 5.75 Å². The fourth-order valence-electron chi connectivity index (χ4n) is 3.37. The van der Waals surface area contributed by atoms with Gasteiger partial charge in [-0.3, -0.25) is 9.69 Å². The first kappa shape index (κ1) is 20.2. The predicted molar refractivity (Wildman–Crippen MR) is 102 cm³/mol. The number of carbonyl (C=O) groups is 1. The number of methoxy groups -OCH3 is 1. The summed E-state index contributed by atoms with van der Waals surface area (Å²) in [6, 6.07) is 8.91. The Kier molecular flexibility index (Phi) is 5.14. The molecule has 1 heterocycles. The van der Waals surface area contributed by atoms with E-state index in [4.69, 9.17) is 4.74 Å². The van der Waals surface area contributed by atoms with E-state index in [1.807, 2.05) is 19.2 Å². The topological polar surface area (TPSA) is 41.6 Å². The van der Waals surface area contributed by atoms with Crippen molar-refractivity contribution in [1.29, 1.82) is 0 Å². The quantitative estimate of drug-likeness (QED) is 0.821. The highest BCUT2D eigenvalue weighted by atomic mass is 19.4. The van der Waals surface area contributed by atoms with Crippen LogP contribution < -0.4 is 10.1 Å². The fraction of sp³-hybridized carbons (Fsp3) is 0.381. The number of halogens is 3. The molecule has 1 aliphatic rings. The Balaban J connectivity index is 1.84. The van der Waals surface area contributed by atoms with Gasteiger partial charge in [0, 0.05) is 23.3 Å². The summed E-state index contributed by atoms with van der Waals surface area (Å²) in [6.45, 7) is 5.09. The number of likely N-dealkylation sites (N-methyl/N-ethyl adjacent to an activating group) is 1. The third-order valence-corrected chi connectivity index (χ3v) is 5.30. The third-order valence-electron chi connectivity index (χ3n) is 5.30. The normalized spacial score (nSPS) is 16.4. The number of hydrogen-bond acceptors (Lipinski definition) is 3. The molecule has 2 aromatic carbocycles. The molecule has 2 aromatic rings. The molecular formula is C21H23F3N2O2. The summed E-state index contributed by atoms with van der Waals surface area (Å²) >= 11 is 0. The second-order valence-electron chi connectivity index (χ2n) is 7.70. The number of anilines is 1. The van der Waals surface area contributed by atoms with Gasteiger partial charge in [-0.15, -0.1) is 0 Å².